The number of rotatable bonds is 4. The van der Waals surface area contributed by atoms with E-state index in [-0.39, 0.29) is 17.7 Å². The van der Waals surface area contributed by atoms with E-state index in [2.05, 4.69) is 0 Å². The Balaban J connectivity index is 1.62. The van der Waals surface area contributed by atoms with Gasteiger partial charge in [-0.05, 0) is 24.6 Å². The molecule has 0 atom stereocenters. The van der Waals surface area contributed by atoms with E-state index < -0.39 is 10.0 Å². The lowest BCUT2D eigenvalue weighted by molar-refractivity contribution is 0.121. The van der Waals surface area contributed by atoms with Crippen LogP contribution in [-0.2, 0) is 14.8 Å². The average molecular weight is 463 g/mol. The summed E-state index contributed by atoms with van der Waals surface area (Å²) in [6.07, 6.45) is 0. The second-order valence-electron chi connectivity index (χ2n) is 7.36. The van der Waals surface area contributed by atoms with Crippen molar-refractivity contribution in [2.45, 2.75) is 6.92 Å². The zero-order chi connectivity index (χ0) is 21.6. The number of hydrogen-bond donors (Lipinski definition) is 0. The van der Waals surface area contributed by atoms with Crippen LogP contribution in [0.3, 0.4) is 0 Å². The van der Waals surface area contributed by atoms with Crippen LogP contribution in [0.1, 0.15) is 6.92 Å². The lowest BCUT2D eigenvalue weighted by Crippen LogP contribution is -2.38. The lowest BCUT2D eigenvalue weighted by atomic mass is 10.1. The average Bonchev–Trinajstić information content (AvgIpc) is 3.23. The summed E-state index contributed by atoms with van der Waals surface area (Å²) in [7, 11) is -3.43. The third-order valence-electron chi connectivity index (χ3n) is 5.54. The molecule has 0 radical (unpaired) electrons. The first kappa shape index (κ1) is 20.3. The molecule has 1 aromatic carbocycles. The highest BCUT2D eigenvalue weighted by Crippen LogP contribution is 2.40. The first-order valence-corrected chi connectivity index (χ1v) is 12.6. The Morgan fingerprint density at radius 3 is 2.68 bits per heavy atom. The van der Waals surface area contributed by atoms with Crippen LogP contribution >= 0.6 is 11.3 Å². The minimum atomic E-state index is -3.43. The predicted molar refractivity (Wildman–Crippen MR) is 121 cm³/mol. The Morgan fingerprint density at radius 2 is 1.90 bits per heavy atom. The van der Waals surface area contributed by atoms with Crippen LogP contribution in [0, 0.1) is 0 Å². The van der Waals surface area contributed by atoms with Gasteiger partial charge in [0.2, 0.25) is 15.5 Å². The molecule has 1 fully saturated rings. The summed E-state index contributed by atoms with van der Waals surface area (Å²) < 4.78 is 44.4. The number of thiophene rings is 1. The van der Waals surface area contributed by atoms with Crippen LogP contribution in [-0.4, -0.2) is 53.6 Å². The number of benzene rings is 1. The topological polar surface area (TPSA) is 89.3 Å². The van der Waals surface area contributed by atoms with Crippen LogP contribution in [0.15, 0.2) is 38.9 Å². The van der Waals surface area contributed by atoms with E-state index >= 15 is 0 Å². The maximum atomic E-state index is 12.7. The standard InChI is InChI=1S/C21H22N2O6S2/c1-2-31(25,26)23-7-10-28-18-4-3-14(11-16(18)23)15-13-30-21-17(24)12-19(29-20(15)21)22-5-8-27-9-6-22/h3-4,11-13H,2,5-10H2,1H3. The molecule has 0 spiro atoms. The van der Waals surface area contributed by atoms with Gasteiger partial charge in [0, 0.05) is 30.1 Å². The van der Waals surface area contributed by atoms with Crippen LogP contribution in [0.25, 0.3) is 21.4 Å². The summed E-state index contributed by atoms with van der Waals surface area (Å²) in [4.78, 5) is 14.7. The summed E-state index contributed by atoms with van der Waals surface area (Å²) in [5.74, 6) is 1.06. The largest absolute Gasteiger partial charge is 0.489 e. The minimum absolute atomic E-state index is 0.00976. The molecular formula is C21H22N2O6S2. The van der Waals surface area contributed by atoms with E-state index in [0.717, 1.165) is 11.1 Å². The fraction of sp³-hybridized carbons (Fsp3) is 0.381. The molecule has 5 rings (SSSR count). The van der Waals surface area contributed by atoms with Crippen LogP contribution in [0.4, 0.5) is 11.6 Å². The summed E-state index contributed by atoms with van der Waals surface area (Å²) in [5, 5.41) is 1.88. The van der Waals surface area contributed by atoms with E-state index in [0.29, 0.717) is 60.5 Å². The smallest absolute Gasteiger partial charge is 0.235 e. The Bertz CT molecular complexity index is 1290. The molecule has 164 valence electrons. The highest BCUT2D eigenvalue weighted by atomic mass is 32.2. The lowest BCUT2D eigenvalue weighted by Gasteiger charge is -2.30. The van der Waals surface area contributed by atoms with Gasteiger partial charge < -0.3 is 18.8 Å². The normalized spacial score (nSPS) is 16.9. The first-order chi connectivity index (χ1) is 15.0. The zero-order valence-corrected chi connectivity index (χ0v) is 18.6. The van der Waals surface area contributed by atoms with Crippen molar-refractivity contribution >= 4 is 43.2 Å². The Kier molecular flexibility index (Phi) is 5.15. The molecule has 2 aliphatic heterocycles. The van der Waals surface area contributed by atoms with Crippen molar-refractivity contribution in [3.63, 3.8) is 0 Å². The molecule has 0 unspecified atom stereocenters. The van der Waals surface area contributed by atoms with E-state index in [9.17, 15) is 13.2 Å². The summed E-state index contributed by atoms with van der Waals surface area (Å²) in [6.45, 7) is 4.71. The Labute approximate surface area is 183 Å². The third-order valence-corrected chi connectivity index (χ3v) is 8.30. The molecule has 4 heterocycles. The number of anilines is 2. The van der Waals surface area contributed by atoms with Crippen molar-refractivity contribution in [1.82, 2.24) is 0 Å². The molecule has 3 aromatic rings. The number of morpholine rings is 1. The van der Waals surface area contributed by atoms with Crippen LogP contribution in [0.2, 0.25) is 0 Å². The van der Waals surface area contributed by atoms with Crippen molar-refractivity contribution in [1.29, 1.82) is 0 Å². The number of hydrogen-bond acceptors (Lipinski definition) is 8. The Morgan fingerprint density at radius 1 is 1.10 bits per heavy atom. The van der Waals surface area contributed by atoms with Gasteiger partial charge in [-0.2, -0.15) is 0 Å². The monoisotopic (exact) mass is 462 g/mol. The third kappa shape index (κ3) is 3.58. The molecule has 1 saturated heterocycles. The van der Waals surface area contributed by atoms with Crippen LogP contribution in [0.5, 0.6) is 5.75 Å². The predicted octanol–water partition coefficient (Wildman–Crippen LogP) is 2.91. The van der Waals surface area contributed by atoms with Crippen molar-refractivity contribution in [3.05, 3.63) is 39.9 Å². The number of nitrogens with zero attached hydrogens (tertiary/aromatic N) is 2. The van der Waals surface area contributed by atoms with E-state index in [4.69, 9.17) is 13.9 Å². The second-order valence-corrected chi connectivity index (χ2v) is 10.4. The molecule has 0 bridgehead atoms. The molecule has 31 heavy (non-hydrogen) atoms. The molecule has 0 aliphatic carbocycles. The van der Waals surface area contributed by atoms with Crippen molar-refractivity contribution < 1.29 is 22.3 Å². The molecule has 2 aromatic heterocycles. The quantitative estimate of drug-likeness (QED) is 0.589. The van der Waals surface area contributed by atoms with E-state index in [1.807, 2.05) is 16.3 Å². The van der Waals surface area contributed by atoms with Gasteiger partial charge >= 0.3 is 0 Å². The van der Waals surface area contributed by atoms with Gasteiger partial charge in [-0.25, -0.2) is 8.42 Å². The molecule has 0 amide bonds. The molecule has 2 aliphatic rings. The molecule has 10 heteroatoms. The maximum absolute atomic E-state index is 12.7. The van der Waals surface area contributed by atoms with Gasteiger partial charge in [0.25, 0.3) is 0 Å². The van der Waals surface area contributed by atoms with Gasteiger partial charge in [0.1, 0.15) is 17.1 Å². The maximum Gasteiger partial charge on any atom is 0.235 e. The summed E-state index contributed by atoms with van der Waals surface area (Å²) in [6, 6.07) is 6.97. The van der Waals surface area contributed by atoms with Gasteiger partial charge in [0.05, 0.1) is 31.2 Å². The number of sulfonamides is 1. The molecule has 0 N–H and O–H groups in total. The molecular weight excluding hydrogens is 440 g/mol. The van der Waals surface area contributed by atoms with E-state index in [1.54, 1.807) is 19.1 Å². The highest BCUT2D eigenvalue weighted by molar-refractivity contribution is 7.92. The molecule has 8 nitrogen and oxygen atoms in total. The Hall–Kier alpha value is -2.56. The van der Waals surface area contributed by atoms with Crippen molar-refractivity contribution in [2.24, 2.45) is 0 Å². The SMILES string of the molecule is CCS(=O)(=O)N1CCOc2ccc(-c3csc4c(=O)cc(N5CCOCC5)oc34)cc21. The summed E-state index contributed by atoms with van der Waals surface area (Å²) in [5.41, 5.74) is 2.47. The van der Waals surface area contributed by atoms with E-state index in [1.165, 1.54) is 21.7 Å². The van der Waals surface area contributed by atoms with Gasteiger partial charge in [0.15, 0.2) is 11.5 Å². The van der Waals surface area contributed by atoms with Gasteiger partial charge in [-0.1, -0.05) is 6.07 Å². The van der Waals surface area contributed by atoms with Crippen molar-refractivity contribution in [2.75, 3.05) is 54.4 Å². The summed E-state index contributed by atoms with van der Waals surface area (Å²) >= 11 is 1.33. The first-order valence-electron chi connectivity index (χ1n) is 10.1. The van der Waals surface area contributed by atoms with Crippen LogP contribution < -0.4 is 19.4 Å². The fourth-order valence-corrected chi connectivity index (χ4v) is 5.89. The van der Waals surface area contributed by atoms with Crippen molar-refractivity contribution in [3.8, 4) is 16.9 Å². The van der Waals surface area contributed by atoms with Gasteiger partial charge in [-0.15, -0.1) is 11.3 Å². The number of fused-ring (bicyclic) bond motifs is 2. The highest BCUT2D eigenvalue weighted by Gasteiger charge is 2.28. The molecule has 0 saturated carbocycles. The number of ether oxygens (including phenoxy) is 2. The van der Waals surface area contributed by atoms with Gasteiger partial charge in [-0.3, -0.25) is 9.10 Å². The minimum Gasteiger partial charge on any atom is -0.489 e. The fourth-order valence-electron chi connectivity index (χ4n) is 3.87. The zero-order valence-electron chi connectivity index (χ0n) is 17.0. The second kappa shape index (κ2) is 7.85.